The van der Waals surface area contributed by atoms with Gasteiger partial charge in [-0.15, -0.1) is 0 Å². The molecule has 0 fully saturated rings. The Labute approximate surface area is 103 Å². The van der Waals surface area contributed by atoms with Crippen molar-refractivity contribution in [2.45, 2.75) is 10.9 Å². The van der Waals surface area contributed by atoms with Crippen LogP contribution in [-0.2, 0) is 12.8 Å². The van der Waals surface area contributed by atoms with Gasteiger partial charge in [0.15, 0.2) is 5.16 Å². The van der Waals surface area contributed by atoms with E-state index in [9.17, 15) is 0 Å². The first-order chi connectivity index (χ1) is 7.66. The molecule has 2 N–H and O–H groups in total. The van der Waals surface area contributed by atoms with E-state index in [1.165, 1.54) is 6.33 Å². The Morgan fingerprint density at radius 2 is 2.31 bits per heavy atom. The molecule has 0 atom stereocenters. The molecule has 2 aromatic rings. The smallest absolute Gasteiger partial charge is 0.186 e. The summed E-state index contributed by atoms with van der Waals surface area (Å²) in [4.78, 5) is 4.13. The summed E-state index contributed by atoms with van der Waals surface area (Å²) in [5.74, 6) is 0.759. The highest BCUT2D eigenvalue weighted by atomic mass is 35.5. The number of nitrogens with two attached hydrogens (primary N) is 1. The number of rotatable bonds is 3. The third kappa shape index (κ3) is 2.48. The maximum absolute atomic E-state index is 5.86. The van der Waals surface area contributed by atoms with Crippen LogP contribution in [0.5, 0.6) is 0 Å². The first-order valence-corrected chi connectivity index (χ1v) is 6.04. The zero-order valence-electron chi connectivity index (χ0n) is 8.72. The lowest BCUT2D eigenvalue weighted by molar-refractivity contribution is 0.685. The van der Waals surface area contributed by atoms with Gasteiger partial charge >= 0.3 is 0 Å². The summed E-state index contributed by atoms with van der Waals surface area (Å²) >= 11 is 7.42. The molecule has 0 radical (unpaired) electrons. The van der Waals surface area contributed by atoms with E-state index in [-0.39, 0.29) is 0 Å². The first-order valence-electron chi connectivity index (χ1n) is 4.67. The van der Waals surface area contributed by atoms with Gasteiger partial charge in [-0.25, -0.2) is 9.67 Å². The number of hydrogen-bond donors (Lipinski definition) is 1. The number of halogens is 1. The van der Waals surface area contributed by atoms with Crippen molar-refractivity contribution < 1.29 is 0 Å². The molecule has 84 valence electrons. The lowest BCUT2D eigenvalue weighted by Crippen LogP contribution is -1.95. The highest BCUT2D eigenvalue weighted by Gasteiger charge is 2.04. The Kier molecular flexibility index (Phi) is 3.36. The molecular formula is C10H11ClN4S. The molecular weight excluding hydrogens is 244 g/mol. The van der Waals surface area contributed by atoms with Crippen molar-refractivity contribution in [3.8, 4) is 0 Å². The van der Waals surface area contributed by atoms with Crippen LogP contribution in [0.4, 0.5) is 5.69 Å². The molecule has 0 bridgehead atoms. The standard InChI is InChI=1S/C10H11ClN4S/c1-15-10(13-6-14-15)16-5-7-2-3-8(11)4-9(7)12/h2-4,6H,5,12H2,1H3. The Morgan fingerprint density at radius 1 is 1.50 bits per heavy atom. The number of aryl methyl sites for hydroxylation is 1. The van der Waals surface area contributed by atoms with Gasteiger partial charge in [0.1, 0.15) is 6.33 Å². The van der Waals surface area contributed by atoms with Crippen LogP contribution in [0.15, 0.2) is 29.7 Å². The number of anilines is 1. The number of nitrogens with zero attached hydrogens (tertiary/aromatic N) is 3. The number of nitrogen functional groups attached to an aromatic ring is 1. The van der Waals surface area contributed by atoms with E-state index in [4.69, 9.17) is 17.3 Å². The Balaban J connectivity index is 2.08. The number of benzene rings is 1. The van der Waals surface area contributed by atoms with Crippen molar-refractivity contribution in [3.05, 3.63) is 35.1 Å². The quantitative estimate of drug-likeness (QED) is 0.675. The number of thioether (sulfide) groups is 1. The predicted molar refractivity (Wildman–Crippen MR) is 66.4 cm³/mol. The van der Waals surface area contributed by atoms with Gasteiger partial charge in [0.2, 0.25) is 0 Å². The molecule has 0 aliphatic carbocycles. The second-order valence-electron chi connectivity index (χ2n) is 3.30. The monoisotopic (exact) mass is 254 g/mol. The van der Waals surface area contributed by atoms with Crippen LogP contribution in [0.2, 0.25) is 5.02 Å². The molecule has 0 saturated heterocycles. The van der Waals surface area contributed by atoms with Crippen LogP contribution < -0.4 is 5.73 Å². The van der Waals surface area contributed by atoms with Gasteiger partial charge in [0.25, 0.3) is 0 Å². The van der Waals surface area contributed by atoms with Crippen molar-refractivity contribution >= 4 is 29.1 Å². The van der Waals surface area contributed by atoms with Crippen LogP contribution in [0.1, 0.15) is 5.56 Å². The Hall–Kier alpha value is -1.20. The van der Waals surface area contributed by atoms with Crippen molar-refractivity contribution in [1.82, 2.24) is 14.8 Å². The van der Waals surface area contributed by atoms with E-state index in [1.807, 2.05) is 19.2 Å². The van der Waals surface area contributed by atoms with Gasteiger partial charge in [0, 0.05) is 23.5 Å². The normalized spacial score (nSPS) is 10.6. The van der Waals surface area contributed by atoms with Gasteiger partial charge in [-0.3, -0.25) is 0 Å². The van der Waals surface area contributed by atoms with Crippen LogP contribution in [0.25, 0.3) is 0 Å². The fraction of sp³-hybridized carbons (Fsp3) is 0.200. The second kappa shape index (κ2) is 4.76. The summed E-state index contributed by atoms with van der Waals surface area (Å²) in [6.07, 6.45) is 1.54. The number of aromatic nitrogens is 3. The Bertz CT molecular complexity index is 497. The van der Waals surface area contributed by atoms with E-state index in [0.29, 0.717) is 10.7 Å². The van der Waals surface area contributed by atoms with E-state index < -0.39 is 0 Å². The van der Waals surface area contributed by atoms with E-state index in [1.54, 1.807) is 22.5 Å². The molecule has 4 nitrogen and oxygen atoms in total. The van der Waals surface area contributed by atoms with Gasteiger partial charge in [0.05, 0.1) is 0 Å². The fourth-order valence-electron chi connectivity index (χ4n) is 1.26. The summed E-state index contributed by atoms with van der Waals surface area (Å²) < 4.78 is 1.73. The molecule has 1 aromatic carbocycles. The van der Waals surface area contributed by atoms with E-state index in [0.717, 1.165) is 16.5 Å². The summed E-state index contributed by atoms with van der Waals surface area (Å²) in [6, 6.07) is 5.53. The lowest BCUT2D eigenvalue weighted by Gasteiger charge is -2.05. The van der Waals surface area contributed by atoms with Gasteiger partial charge < -0.3 is 5.73 Å². The Morgan fingerprint density at radius 3 is 2.94 bits per heavy atom. The molecule has 16 heavy (non-hydrogen) atoms. The third-order valence-corrected chi connectivity index (χ3v) is 3.45. The van der Waals surface area contributed by atoms with Crippen LogP contribution >= 0.6 is 23.4 Å². The molecule has 2 rings (SSSR count). The summed E-state index contributed by atoms with van der Waals surface area (Å²) in [5.41, 5.74) is 7.62. The van der Waals surface area contributed by atoms with Crippen molar-refractivity contribution in [1.29, 1.82) is 0 Å². The maximum Gasteiger partial charge on any atom is 0.186 e. The number of hydrogen-bond acceptors (Lipinski definition) is 4. The molecule has 6 heteroatoms. The maximum atomic E-state index is 5.86. The van der Waals surface area contributed by atoms with Gasteiger partial charge in [-0.1, -0.05) is 29.4 Å². The van der Waals surface area contributed by atoms with Crippen molar-refractivity contribution in [3.63, 3.8) is 0 Å². The first kappa shape index (κ1) is 11.3. The average molecular weight is 255 g/mol. The molecule has 0 unspecified atom stereocenters. The third-order valence-electron chi connectivity index (χ3n) is 2.13. The second-order valence-corrected chi connectivity index (χ2v) is 4.68. The molecule has 1 aromatic heterocycles. The SMILES string of the molecule is Cn1ncnc1SCc1ccc(Cl)cc1N. The van der Waals surface area contributed by atoms with Crippen molar-refractivity contribution in [2.75, 3.05) is 5.73 Å². The molecule has 0 aliphatic rings. The van der Waals surface area contributed by atoms with E-state index >= 15 is 0 Å². The zero-order valence-corrected chi connectivity index (χ0v) is 10.3. The molecule has 0 amide bonds. The summed E-state index contributed by atoms with van der Waals surface area (Å²) in [6.45, 7) is 0. The highest BCUT2D eigenvalue weighted by molar-refractivity contribution is 7.98. The van der Waals surface area contributed by atoms with Crippen LogP contribution in [-0.4, -0.2) is 14.8 Å². The molecule has 0 aliphatic heterocycles. The highest BCUT2D eigenvalue weighted by Crippen LogP contribution is 2.25. The lowest BCUT2D eigenvalue weighted by atomic mass is 10.2. The zero-order chi connectivity index (χ0) is 11.5. The molecule has 1 heterocycles. The molecule has 0 spiro atoms. The molecule has 0 saturated carbocycles. The van der Waals surface area contributed by atoms with E-state index in [2.05, 4.69) is 10.1 Å². The largest absolute Gasteiger partial charge is 0.398 e. The fourth-order valence-corrected chi connectivity index (χ4v) is 2.34. The van der Waals surface area contributed by atoms with Crippen LogP contribution in [0.3, 0.4) is 0 Å². The van der Waals surface area contributed by atoms with Gasteiger partial charge in [-0.2, -0.15) is 5.10 Å². The average Bonchev–Trinajstić information content (AvgIpc) is 2.63. The predicted octanol–water partition coefficient (Wildman–Crippen LogP) is 2.34. The topological polar surface area (TPSA) is 56.7 Å². The van der Waals surface area contributed by atoms with Gasteiger partial charge in [-0.05, 0) is 17.7 Å². The minimum atomic E-state index is 0.657. The minimum Gasteiger partial charge on any atom is -0.398 e. The minimum absolute atomic E-state index is 0.657. The summed E-state index contributed by atoms with van der Waals surface area (Å²) in [5, 5.41) is 5.52. The summed E-state index contributed by atoms with van der Waals surface area (Å²) in [7, 11) is 1.86. The van der Waals surface area contributed by atoms with Crippen molar-refractivity contribution in [2.24, 2.45) is 7.05 Å². The van der Waals surface area contributed by atoms with Crippen LogP contribution in [0, 0.1) is 0 Å².